The monoisotopic (exact) mass is 728 g/mol. The predicted molar refractivity (Wildman–Crippen MR) is 233 cm³/mol. The van der Waals surface area contributed by atoms with E-state index in [9.17, 15) is 0 Å². The van der Waals surface area contributed by atoms with Gasteiger partial charge < -0.3 is 9.80 Å². The largest absolute Gasteiger partial charge is 0.321 e. The van der Waals surface area contributed by atoms with Crippen LogP contribution in [0.25, 0.3) is 22.3 Å². The van der Waals surface area contributed by atoms with Gasteiger partial charge in [-0.05, 0) is 137 Å². The van der Waals surface area contributed by atoms with E-state index in [4.69, 9.17) is 9.98 Å². The highest BCUT2D eigenvalue weighted by atomic mass is 15.3. The molecule has 56 heavy (non-hydrogen) atoms. The molecule has 0 amide bonds. The fourth-order valence-corrected chi connectivity index (χ4v) is 10.9. The molecule has 11 rings (SSSR count). The predicted octanol–water partition coefficient (Wildman–Crippen LogP) is 11.2. The third-order valence-corrected chi connectivity index (χ3v) is 13.7. The van der Waals surface area contributed by atoms with Gasteiger partial charge in [0, 0.05) is 33.3 Å². The van der Waals surface area contributed by atoms with Gasteiger partial charge in [-0.15, -0.1) is 0 Å². The third kappa shape index (κ3) is 4.65. The van der Waals surface area contributed by atoms with Gasteiger partial charge in [0.25, 0.3) is 0 Å². The van der Waals surface area contributed by atoms with E-state index in [1.807, 2.05) is 0 Å². The first kappa shape index (κ1) is 33.6. The number of aryl methyl sites for hydroxylation is 2. The van der Waals surface area contributed by atoms with Crippen LogP contribution in [-0.4, -0.2) is 40.7 Å². The molecule has 0 bridgehead atoms. The van der Waals surface area contributed by atoms with E-state index >= 15 is 0 Å². The zero-order chi connectivity index (χ0) is 38.1. The maximum atomic E-state index is 5.40. The van der Waals surface area contributed by atoms with E-state index in [1.165, 1.54) is 78.1 Å². The standard InChI is InChI=1S/C52H48N4/c1-31-25-33(49-53-43-21-13-15-23-45(43)55(49)35-17-9-7-10-18-35)27-41-47(31)37-29-40-38(30-39(37)51(41,3)4)48-32(2)26-34(28-42(48)52(40,5)6)50-54-44-22-14-16-24-46(44)56(50)36-19-11-8-12-20-36/h7-11,13-19,21-30,43-46H,12,20H2,1-6H3. The molecule has 0 aromatic heterocycles. The lowest BCUT2D eigenvalue weighted by molar-refractivity contribution is 0.428. The SMILES string of the molecule is Cc1cc(C2=NC3C=CC=CC3N2C2=CC=CCC2)cc2c1-c1cc3c(cc1C2(C)C)-c1c(C)cc(C2=NC4C=CC=CC4N2c2ccccc2)cc1C3(C)C. The summed E-state index contributed by atoms with van der Waals surface area (Å²) in [5, 5.41) is 0. The van der Waals surface area contributed by atoms with Gasteiger partial charge in [-0.25, -0.2) is 0 Å². The van der Waals surface area contributed by atoms with Crippen LogP contribution in [0.4, 0.5) is 5.69 Å². The maximum absolute atomic E-state index is 5.40. The minimum Gasteiger partial charge on any atom is -0.321 e. The van der Waals surface area contributed by atoms with Gasteiger partial charge in [0.05, 0.1) is 24.2 Å². The van der Waals surface area contributed by atoms with Crippen LogP contribution in [-0.2, 0) is 10.8 Å². The molecule has 4 atom stereocenters. The van der Waals surface area contributed by atoms with E-state index in [0.717, 1.165) is 24.5 Å². The van der Waals surface area contributed by atoms with Gasteiger partial charge in [0.2, 0.25) is 0 Å². The van der Waals surface area contributed by atoms with Crippen molar-refractivity contribution in [3.63, 3.8) is 0 Å². The first-order valence-corrected chi connectivity index (χ1v) is 20.5. The van der Waals surface area contributed by atoms with Crippen molar-refractivity contribution < 1.29 is 0 Å². The second kappa shape index (κ2) is 11.9. The molecule has 4 heteroatoms. The lowest BCUT2D eigenvalue weighted by Crippen LogP contribution is -2.39. The summed E-state index contributed by atoms with van der Waals surface area (Å²) in [6, 6.07) is 26.2. The van der Waals surface area contributed by atoms with Crippen LogP contribution in [0, 0.1) is 13.8 Å². The van der Waals surface area contributed by atoms with Crippen LogP contribution in [0.15, 0.2) is 149 Å². The number of hydrogen-bond donors (Lipinski definition) is 0. The smallest absolute Gasteiger partial charge is 0.136 e. The zero-order valence-corrected chi connectivity index (χ0v) is 33.2. The van der Waals surface area contributed by atoms with Crippen molar-refractivity contribution in [2.45, 2.75) is 89.4 Å². The summed E-state index contributed by atoms with van der Waals surface area (Å²) < 4.78 is 0. The molecule has 4 aromatic rings. The van der Waals surface area contributed by atoms with Crippen LogP contribution < -0.4 is 4.90 Å². The highest BCUT2D eigenvalue weighted by Crippen LogP contribution is 2.58. The molecule has 276 valence electrons. The Kier molecular flexibility index (Phi) is 7.13. The fourth-order valence-electron chi connectivity index (χ4n) is 10.9. The maximum Gasteiger partial charge on any atom is 0.136 e. The summed E-state index contributed by atoms with van der Waals surface area (Å²) in [6.07, 6.45) is 26.6. The number of allylic oxidation sites excluding steroid dienone is 8. The first-order chi connectivity index (χ1) is 27.1. The Bertz CT molecular complexity index is 2640. The number of fused-ring (bicyclic) bond motifs is 8. The summed E-state index contributed by atoms with van der Waals surface area (Å²) in [6.45, 7) is 14.3. The molecule has 0 saturated carbocycles. The molecule has 4 aromatic carbocycles. The molecule has 0 N–H and O–H groups in total. The molecule has 2 heterocycles. The minimum atomic E-state index is -0.177. The van der Waals surface area contributed by atoms with Gasteiger partial charge in [0.1, 0.15) is 11.7 Å². The van der Waals surface area contributed by atoms with Crippen molar-refractivity contribution in [2.24, 2.45) is 9.98 Å². The Morgan fingerprint density at radius 2 is 1.09 bits per heavy atom. The zero-order valence-electron chi connectivity index (χ0n) is 33.2. The van der Waals surface area contributed by atoms with Gasteiger partial charge in [-0.1, -0.05) is 107 Å². The van der Waals surface area contributed by atoms with Crippen molar-refractivity contribution in [3.05, 3.63) is 184 Å². The van der Waals surface area contributed by atoms with E-state index in [0.29, 0.717) is 0 Å². The molecule has 0 spiro atoms. The summed E-state index contributed by atoms with van der Waals surface area (Å²) in [7, 11) is 0. The first-order valence-electron chi connectivity index (χ1n) is 20.5. The lowest BCUT2D eigenvalue weighted by Gasteiger charge is -2.32. The summed E-state index contributed by atoms with van der Waals surface area (Å²) >= 11 is 0. The molecule has 2 aliphatic heterocycles. The molecule has 4 nitrogen and oxygen atoms in total. The number of anilines is 1. The average Bonchev–Trinajstić information content (AvgIpc) is 3.91. The minimum absolute atomic E-state index is 0.103. The number of para-hydroxylation sites is 1. The molecule has 0 fully saturated rings. The molecular weight excluding hydrogens is 681 g/mol. The molecule has 0 radical (unpaired) electrons. The number of amidine groups is 2. The van der Waals surface area contributed by atoms with Crippen LogP contribution in [0.1, 0.15) is 85.0 Å². The third-order valence-electron chi connectivity index (χ3n) is 13.7. The van der Waals surface area contributed by atoms with E-state index < -0.39 is 0 Å². The number of aliphatic imine (C=N–C) groups is 2. The number of benzene rings is 4. The highest BCUT2D eigenvalue weighted by Gasteiger charge is 2.45. The lowest BCUT2D eigenvalue weighted by atomic mass is 9.79. The van der Waals surface area contributed by atoms with Gasteiger partial charge in [-0.2, -0.15) is 0 Å². The van der Waals surface area contributed by atoms with Crippen LogP contribution in [0.5, 0.6) is 0 Å². The molecule has 7 aliphatic rings. The van der Waals surface area contributed by atoms with Crippen molar-refractivity contribution in [2.75, 3.05) is 4.90 Å². The Balaban J connectivity index is 1.01. The summed E-state index contributed by atoms with van der Waals surface area (Å²) in [5.74, 6) is 2.15. The fraction of sp³-hybridized carbons (Fsp3) is 0.269. The van der Waals surface area contributed by atoms with Crippen molar-refractivity contribution in [3.8, 4) is 22.3 Å². The van der Waals surface area contributed by atoms with Crippen molar-refractivity contribution in [1.29, 1.82) is 0 Å². The average molecular weight is 729 g/mol. The Morgan fingerprint density at radius 1 is 0.571 bits per heavy atom. The Labute approximate surface area is 331 Å². The number of nitrogens with zero attached hydrogens (tertiary/aromatic N) is 4. The highest BCUT2D eigenvalue weighted by molar-refractivity contribution is 6.13. The molecule has 4 unspecified atom stereocenters. The topological polar surface area (TPSA) is 31.2 Å². The molecule has 0 saturated heterocycles. The van der Waals surface area contributed by atoms with E-state index in [1.54, 1.807) is 0 Å². The summed E-state index contributed by atoms with van der Waals surface area (Å²) in [4.78, 5) is 15.7. The van der Waals surface area contributed by atoms with Gasteiger partial charge in [0.15, 0.2) is 0 Å². The Morgan fingerprint density at radius 3 is 1.62 bits per heavy atom. The quantitative estimate of drug-likeness (QED) is 0.210. The van der Waals surface area contributed by atoms with Crippen LogP contribution in [0.2, 0.25) is 0 Å². The second-order valence-corrected chi connectivity index (χ2v) is 17.7. The molecule has 5 aliphatic carbocycles. The van der Waals surface area contributed by atoms with Crippen molar-refractivity contribution >= 4 is 17.4 Å². The van der Waals surface area contributed by atoms with Crippen LogP contribution >= 0.6 is 0 Å². The van der Waals surface area contributed by atoms with E-state index in [-0.39, 0.29) is 35.0 Å². The van der Waals surface area contributed by atoms with Crippen molar-refractivity contribution in [1.82, 2.24) is 4.90 Å². The number of rotatable bonds is 4. The van der Waals surface area contributed by atoms with Crippen LogP contribution in [0.3, 0.4) is 0 Å². The van der Waals surface area contributed by atoms with Gasteiger partial charge in [-0.3, -0.25) is 9.98 Å². The second-order valence-electron chi connectivity index (χ2n) is 17.7. The Hall–Kier alpha value is -5.74. The molecular formula is C52H48N4. The normalized spacial score (nSPS) is 25.0. The number of hydrogen-bond acceptors (Lipinski definition) is 4. The van der Waals surface area contributed by atoms with Gasteiger partial charge >= 0.3 is 0 Å². The summed E-state index contributed by atoms with van der Waals surface area (Å²) in [5.41, 5.74) is 18.4. The van der Waals surface area contributed by atoms with E-state index in [2.05, 4.69) is 185 Å².